The average molecular weight is 267 g/mol. The Morgan fingerprint density at radius 2 is 1.89 bits per heavy atom. The summed E-state index contributed by atoms with van der Waals surface area (Å²) >= 11 is 0. The normalized spacial score (nSPS) is 10.5. The fourth-order valence-corrected chi connectivity index (χ4v) is 1.75. The van der Waals surface area contributed by atoms with Crippen molar-refractivity contribution in [2.75, 3.05) is 30.5 Å². The van der Waals surface area contributed by atoms with Gasteiger partial charge >= 0.3 is 0 Å². The van der Waals surface area contributed by atoms with Crippen molar-refractivity contribution in [2.24, 2.45) is 5.84 Å². The van der Waals surface area contributed by atoms with E-state index in [1.807, 2.05) is 0 Å². The molecule has 0 aromatic carbocycles. The molecule has 0 saturated heterocycles. The van der Waals surface area contributed by atoms with Crippen molar-refractivity contribution in [1.82, 2.24) is 9.97 Å². The van der Waals surface area contributed by atoms with Gasteiger partial charge in [-0.15, -0.1) is 0 Å². The van der Waals surface area contributed by atoms with Crippen LogP contribution in [0.2, 0.25) is 0 Å². The molecular weight excluding hydrogens is 242 g/mol. The largest absolute Gasteiger partial charge is 0.381 e. The third-order valence-electron chi connectivity index (χ3n) is 2.84. The third-order valence-corrected chi connectivity index (χ3v) is 2.84. The minimum Gasteiger partial charge on any atom is -0.381 e. The highest BCUT2D eigenvalue weighted by molar-refractivity contribution is 5.56. The van der Waals surface area contributed by atoms with E-state index in [9.17, 15) is 0 Å². The van der Waals surface area contributed by atoms with Crippen molar-refractivity contribution in [3.8, 4) is 0 Å². The number of aromatic nitrogens is 2. The second kappa shape index (κ2) is 9.52. The molecule has 6 nitrogen and oxygen atoms in total. The van der Waals surface area contributed by atoms with Crippen LogP contribution in [0.25, 0.3) is 0 Å². The second-order valence-corrected chi connectivity index (χ2v) is 4.29. The Labute approximate surface area is 115 Å². The first kappa shape index (κ1) is 15.7. The number of nitrogen functional groups attached to an aromatic ring is 1. The van der Waals surface area contributed by atoms with Crippen molar-refractivity contribution in [1.29, 1.82) is 0 Å². The Morgan fingerprint density at radius 3 is 2.58 bits per heavy atom. The van der Waals surface area contributed by atoms with Gasteiger partial charge in [0.05, 0.1) is 0 Å². The maximum atomic E-state index is 5.51. The summed E-state index contributed by atoms with van der Waals surface area (Å²) in [5, 5.41) is 3.30. The molecule has 19 heavy (non-hydrogen) atoms. The van der Waals surface area contributed by atoms with Gasteiger partial charge in [0.2, 0.25) is 0 Å². The Balaban J connectivity index is 2.33. The van der Waals surface area contributed by atoms with Crippen LogP contribution in [0.4, 0.5) is 11.6 Å². The van der Waals surface area contributed by atoms with Gasteiger partial charge in [0.15, 0.2) is 0 Å². The average Bonchev–Trinajstić information content (AvgIpc) is 2.45. The molecule has 1 aromatic rings. The number of nitrogens with zero attached hydrogens (tertiary/aromatic N) is 2. The summed E-state index contributed by atoms with van der Waals surface area (Å²) < 4.78 is 5.51. The fraction of sp³-hybridized carbons (Fsp3) is 0.692. The Morgan fingerprint density at radius 1 is 1.16 bits per heavy atom. The smallest absolute Gasteiger partial charge is 0.148 e. The summed E-state index contributed by atoms with van der Waals surface area (Å²) in [6, 6.07) is 0. The topological polar surface area (TPSA) is 85.1 Å². The molecule has 4 N–H and O–H groups in total. The zero-order valence-corrected chi connectivity index (χ0v) is 11.9. The molecule has 1 rings (SSSR count). The van der Waals surface area contributed by atoms with Crippen molar-refractivity contribution in [2.45, 2.75) is 39.5 Å². The Hall–Kier alpha value is -1.40. The van der Waals surface area contributed by atoms with Crippen LogP contribution >= 0.6 is 0 Å². The van der Waals surface area contributed by atoms with Crippen LogP contribution in [0, 0.1) is 0 Å². The van der Waals surface area contributed by atoms with E-state index in [4.69, 9.17) is 10.6 Å². The molecule has 0 saturated carbocycles. The summed E-state index contributed by atoms with van der Waals surface area (Å²) in [6.45, 7) is 6.68. The lowest BCUT2D eigenvalue weighted by molar-refractivity contribution is 0.131. The van der Waals surface area contributed by atoms with E-state index in [2.05, 4.69) is 34.6 Å². The number of unbranched alkanes of at least 4 members (excludes halogenated alkanes) is 1. The first-order valence-electron chi connectivity index (χ1n) is 6.95. The molecule has 0 amide bonds. The lowest BCUT2D eigenvalue weighted by Gasteiger charge is -2.12. The van der Waals surface area contributed by atoms with Gasteiger partial charge in [-0.3, -0.25) is 0 Å². The summed E-state index contributed by atoms with van der Waals surface area (Å²) in [5.74, 6) is 6.96. The molecule has 108 valence electrons. The van der Waals surface area contributed by atoms with Crippen molar-refractivity contribution in [3.05, 3.63) is 11.9 Å². The molecule has 0 unspecified atom stereocenters. The van der Waals surface area contributed by atoms with E-state index in [1.165, 1.54) is 12.7 Å². The highest BCUT2D eigenvalue weighted by atomic mass is 16.5. The number of rotatable bonds is 10. The Bertz CT molecular complexity index is 359. The quantitative estimate of drug-likeness (QED) is 0.341. The number of nitrogens with one attached hydrogen (secondary N) is 2. The number of hydrogen-bond acceptors (Lipinski definition) is 6. The summed E-state index contributed by atoms with van der Waals surface area (Å²) in [6.07, 6.45) is 5.60. The molecule has 0 radical (unpaired) electrons. The third kappa shape index (κ3) is 5.40. The number of hydrogen-bond donors (Lipinski definition) is 3. The summed E-state index contributed by atoms with van der Waals surface area (Å²) in [7, 11) is 0. The zero-order chi connectivity index (χ0) is 13.9. The molecular formula is C13H25N5O. The standard InChI is InChI=1S/C13H25N5O/c1-3-5-8-19-9-6-7-15-12-11(4-2)13(18-14)17-10-16-12/h10H,3-9,14H2,1-2H3,(H2,15,16,17,18). The van der Waals surface area contributed by atoms with Gasteiger partial charge in [-0.25, -0.2) is 15.8 Å². The van der Waals surface area contributed by atoms with Gasteiger partial charge in [-0.2, -0.15) is 0 Å². The van der Waals surface area contributed by atoms with E-state index in [1.54, 1.807) is 0 Å². The lowest BCUT2D eigenvalue weighted by Crippen LogP contribution is -2.15. The lowest BCUT2D eigenvalue weighted by atomic mass is 10.2. The number of ether oxygens (including phenoxy) is 1. The van der Waals surface area contributed by atoms with Crippen molar-refractivity contribution >= 4 is 11.6 Å². The first-order valence-corrected chi connectivity index (χ1v) is 6.95. The monoisotopic (exact) mass is 267 g/mol. The molecule has 1 aromatic heterocycles. The van der Waals surface area contributed by atoms with Gasteiger partial charge in [-0.05, 0) is 19.3 Å². The Kier molecular flexibility index (Phi) is 7.84. The highest BCUT2D eigenvalue weighted by Crippen LogP contribution is 2.19. The summed E-state index contributed by atoms with van der Waals surface area (Å²) in [5.41, 5.74) is 3.61. The predicted molar refractivity (Wildman–Crippen MR) is 78.1 cm³/mol. The highest BCUT2D eigenvalue weighted by Gasteiger charge is 2.07. The minimum atomic E-state index is 0.680. The first-order chi connectivity index (χ1) is 9.33. The zero-order valence-electron chi connectivity index (χ0n) is 11.9. The predicted octanol–water partition coefficient (Wildman–Crippen LogP) is 1.94. The van der Waals surface area contributed by atoms with Crippen LogP contribution in [-0.4, -0.2) is 29.7 Å². The van der Waals surface area contributed by atoms with Crippen LogP contribution in [0.15, 0.2) is 6.33 Å². The van der Waals surface area contributed by atoms with Crippen LogP contribution < -0.4 is 16.6 Å². The van der Waals surface area contributed by atoms with E-state index < -0.39 is 0 Å². The molecule has 0 aliphatic rings. The second-order valence-electron chi connectivity index (χ2n) is 4.29. The van der Waals surface area contributed by atoms with E-state index in [0.29, 0.717) is 5.82 Å². The van der Waals surface area contributed by atoms with Gasteiger partial charge in [0.25, 0.3) is 0 Å². The fourth-order valence-electron chi connectivity index (χ4n) is 1.75. The van der Waals surface area contributed by atoms with Gasteiger partial charge < -0.3 is 15.5 Å². The van der Waals surface area contributed by atoms with E-state index >= 15 is 0 Å². The number of anilines is 2. The van der Waals surface area contributed by atoms with E-state index in [-0.39, 0.29) is 0 Å². The van der Waals surface area contributed by atoms with Gasteiger partial charge in [0.1, 0.15) is 18.0 Å². The van der Waals surface area contributed by atoms with E-state index in [0.717, 1.165) is 50.4 Å². The molecule has 0 aliphatic carbocycles. The maximum absolute atomic E-state index is 5.51. The van der Waals surface area contributed by atoms with Crippen molar-refractivity contribution < 1.29 is 4.74 Å². The molecule has 0 atom stereocenters. The molecule has 1 heterocycles. The van der Waals surface area contributed by atoms with Crippen LogP contribution in [-0.2, 0) is 11.2 Å². The molecule has 0 bridgehead atoms. The van der Waals surface area contributed by atoms with Crippen LogP contribution in [0.3, 0.4) is 0 Å². The number of nitrogens with two attached hydrogens (primary N) is 1. The number of hydrazine groups is 1. The molecule has 0 aliphatic heterocycles. The van der Waals surface area contributed by atoms with Crippen molar-refractivity contribution in [3.63, 3.8) is 0 Å². The van der Waals surface area contributed by atoms with Gasteiger partial charge in [0, 0.05) is 25.3 Å². The minimum absolute atomic E-state index is 0.680. The molecule has 6 heteroatoms. The summed E-state index contributed by atoms with van der Waals surface area (Å²) in [4.78, 5) is 8.34. The van der Waals surface area contributed by atoms with Gasteiger partial charge in [-0.1, -0.05) is 20.3 Å². The van der Waals surface area contributed by atoms with Crippen LogP contribution in [0.1, 0.15) is 38.7 Å². The SMILES string of the molecule is CCCCOCCCNc1ncnc(NN)c1CC. The molecule has 0 spiro atoms. The maximum Gasteiger partial charge on any atom is 0.148 e. The van der Waals surface area contributed by atoms with Crippen LogP contribution in [0.5, 0.6) is 0 Å². The molecule has 0 fully saturated rings.